The molecule has 1 amide bonds. The molecule has 0 radical (unpaired) electrons. The number of ether oxygens (including phenoxy) is 3. The number of rotatable bonds is 10. The smallest absolute Gasteiger partial charge is 0.313 e. The zero-order valence-electron chi connectivity index (χ0n) is 16.6. The first-order valence-corrected chi connectivity index (χ1v) is 9.50. The minimum absolute atomic E-state index is 0.348. The highest BCUT2D eigenvalue weighted by molar-refractivity contribution is 5.93. The van der Waals surface area contributed by atoms with Crippen LogP contribution in [0.15, 0.2) is 48.5 Å². The average molecular weight is 385 g/mol. The van der Waals surface area contributed by atoms with Gasteiger partial charge in [-0.25, -0.2) is 0 Å². The average Bonchev–Trinajstić information content (AvgIpc) is 2.70. The molecule has 1 N–H and O–H groups in total. The molecule has 0 aliphatic rings. The van der Waals surface area contributed by atoms with Crippen LogP contribution in [-0.2, 0) is 14.3 Å². The van der Waals surface area contributed by atoms with Gasteiger partial charge in [0.25, 0.3) is 5.91 Å². The van der Waals surface area contributed by atoms with Gasteiger partial charge in [-0.2, -0.15) is 0 Å². The molecular formula is C22H27NO5. The quantitative estimate of drug-likeness (QED) is 0.622. The van der Waals surface area contributed by atoms with E-state index in [1.54, 1.807) is 18.2 Å². The van der Waals surface area contributed by atoms with Crippen LogP contribution >= 0.6 is 0 Å². The summed E-state index contributed by atoms with van der Waals surface area (Å²) in [4.78, 5) is 24.5. The van der Waals surface area contributed by atoms with E-state index in [1.165, 1.54) is 0 Å². The molecule has 0 aliphatic carbocycles. The minimum Gasteiger partial charge on any atom is -0.490 e. The van der Waals surface area contributed by atoms with Gasteiger partial charge in [-0.15, -0.1) is 0 Å². The number of carbonyl (C=O) groups excluding carboxylic acids is 2. The summed E-state index contributed by atoms with van der Waals surface area (Å²) in [6, 6.07) is 14.5. The lowest BCUT2D eigenvalue weighted by molar-refractivity contribution is -0.149. The molecule has 0 bridgehead atoms. The Labute approximate surface area is 165 Å². The van der Waals surface area contributed by atoms with Crippen molar-refractivity contribution in [3.63, 3.8) is 0 Å². The number of hydrogen-bond acceptors (Lipinski definition) is 5. The minimum atomic E-state index is -0.414. The first-order chi connectivity index (χ1) is 13.6. The molecule has 28 heavy (non-hydrogen) atoms. The number of nitrogens with one attached hydrogen (secondary N) is 1. The molecule has 0 heterocycles. The topological polar surface area (TPSA) is 73.9 Å². The molecule has 0 spiro atoms. The normalized spacial score (nSPS) is 11.4. The van der Waals surface area contributed by atoms with Gasteiger partial charge in [-0.05, 0) is 38.0 Å². The Morgan fingerprint density at radius 3 is 2.25 bits per heavy atom. The second-order valence-corrected chi connectivity index (χ2v) is 6.05. The molecule has 0 fully saturated rings. The van der Waals surface area contributed by atoms with Crippen LogP contribution in [0.5, 0.6) is 11.5 Å². The van der Waals surface area contributed by atoms with E-state index in [2.05, 4.69) is 5.32 Å². The Morgan fingerprint density at radius 2 is 1.61 bits per heavy atom. The molecule has 150 valence electrons. The number of esters is 1. The molecule has 6 heteroatoms. The zero-order valence-corrected chi connectivity index (χ0v) is 16.6. The van der Waals surface area contributed by atoms with E-state index in [-0.39, 0.29) is 12.5 Å². The summed E-state index contributed by atoms with van der Waals surface area (Å²) in [7, 11) is 0. The summed E-state index contributed by atoms with van der Waals surface area (Å²) in [5.41, 5.74) is 1.42. The highest BCUT2D eigenvalue weighted by atomic mass is 16.5. The summed E-state index contributed by atoms with van der Waals surface area (Å²) >= 11 is 0. The van der Waals surface area contributed by atoms with Crippen molar-refractivity contribution in [2.75, 3.05) is 25.1 Å². The van der Waals surface area contributed by atoms with Crippen molar-refractivity contribution in [2.24, 2.45) is 0 Å². The summed E-state index contributed by atoms with van der Waals surface area (Å²) in [5, 5.41) is 2.71. The fraction of sp³-hybridized carbons (Fsp3) is 0.364. The van der Waals surface area contributed by atoms with Crippen LogP contribution in [0.3, 0.4) is 0 Å². The van der Waals surface area contributed by atoms with Crippen molar-refractivity contribution in [2.45, 2.75) is 33.1 Å². The maximum absolute atomic E-state index is 12.3. The Morgan fingerprint density at radius 1 is 0.929 bits per heavy atom. The highest BCUT2D eigenvalue weighted by Gasteiger charge is 2.21. The van der Waals surface area contributed by atoms with Gasteiger partial charge in [0, 0.05) is 11.8 Å². The van der Waals surface area contributed by atoms with E-state index in [9.17, 15) is 9.59 Å². The second kappa shape index (κ2) is 11.0. The summed E-state index contributed by atoms with van der Waals surface area (Å²) in [5.74, 6) is -0.0471. The lowest BCUT2D eigenvalue weighted by Crippen LogP contribution is -2.24. The van der Waals surface area contributed by atoms with E-state index in [1.807, 2.05) is 51.1 Å². The number of amides is 1. The van der Waals surface area contributed by atoms with Gasteiger partial charge in [-0.3, -0.25) is 9.59 Å². The first-order valence-electron chi connectivity index (χ1n) is 9.50. The van der Waals surface area contributed by atoms with Gasteiger partial charge in [0.1, 0.15) is 0 Å². The lowest BCUT2D eigenvalue weighted by Gasteiger charge is -2.15. The largest absolute Gasteiger partial charge is 0.490 e. The standard InChI is InChI=1S/C22H27NO5/c1-4-18(16-10-8-7-9-11-16)22(25)28-15-21(24)23-17-12-13-19(26-5-2)20(14-17)27-6-3/h7-14,18H,4-6,15H2,1-3H3,(H,23,24)/t18-/m1/s1. The Hall–Kier alpha value is -3.02. The molecule has 2 aromatic rings. The highest BCUT2D eigenvalue weighted by Crippen LogP contribution is 2.30. The Bertz CT molecular complexity index is 776. The molecule has 0 saturated carbocycles. The monoisotopic (exact) mass is 385 g/mol. The van der Waals surface area contributed by atoms with Crippen molar-refractivity contribution >= 4 is 17.6 Å². The van der Waals surface area contributed by atoms with Crippen LogP contribution in [0.2, 0.25) is 0 Å². The molecule has 6 nitrogen and oxygen atoms in total. The maximum Gasteiger partial charge on any atom is 0.313 e. The van der Waals surface area contributed by atoms with Crippen LogP contribution in [0, 0.1) is 0 Å². The van der Waals surface area contributed by atoms with Crippen LogP contribution in [0.25, 0.3) is 0 Å². The first kappa shape index (κ1) is 21.3. The van der Waals surface area contributed by atoms with Gasteiger partial charge >= 0.3 is 5.97 Å². The van der Waals surface area contributed by atoms with Crippen LogP contribution in [-0.4, -0.2) is 31.7 Å². The van der Waals surface area contributed by atoms with E-state index >= 15 is 0 Å². The maximum atomic E-state index is 12.3. The fourth-order valence-corrected chi connectivity index (χ4v) is 2.79. The second-order valence-electron chi connectivity index (χ2n) is 6.05. The molecule has 0 unspecified atom stereocenters. The van der Waals surface area contributed by atoms with Crippen LogP contribution < -0.4 is 14.8 Å². The fourth-order valence-electron chi connectivity index (χ4n) is 2.79. The van der Waals surface area contributed by atoms with E-state index < -0.39 is 11.9 Å². The van der Waals surface area contributed by atoms with Crippen molar-refractivity contribution in [1.82, 2.24) is 0 Å². The molecule has 0 saturated heterocycles. The van der Waals surface area contributed by atoms with Crippen molar-refractivity contribution in [3.8, 4) is 11.5 Å². The third-order valence-corrected chi connectivity index (χ3v) is 4.07. The SMILES string of the molecule is CCOc1ccc(NC(=O)COC(=O)[C@H](CC)c2ccccc2)cc1OCC. The third kappa shape index (κ3) is 6.01. The molecule has 0 aromatic heterocycles. The number of carbonyl (C=O) groups is 2. The van der Waals surface area contributed by atoms with E-state index in [0.29, 0.717) is 36.8 Å². The predicted molar refractivity (Wildman–Crippen MR) is 108 cm³/mol. The van der Waals surface area contributed by atoms with Gasteiger partial charge in [0.15, 0.2) is 18.1 Å². The predicted octanol–water partition coefficient (Wildman–Crippen LogP) is 4.16. The molecule has 1 atom stereocenters. The Kier molecular flexibility index (Phi) is 8.34. The number of hydrogen-bond donors (Lipinski definition) is 1. The van der Waals surface area contributed by atoms with Crippen LogP contribution in [0.1, 0.15) is 38.7 Å². The molecule has 2 aromatic carbocycles. The summed E-state index contributed by atoms with van der Waals surface area (Å²) < 4.78 is 16.3. The zero-order chi connectivity index (χ0) is 20.4. The van der Waals surface area contributed by atoms with Gasteiger partial charge in [0.05, 0.1) is 19.1 Å². The van der Waals surface area contributed by atoms with Crippen LogP contribution in [0.4, 0.5) is 5.69 Å². The third-order valence-electron chi connectivity index (χ3n) is 4.07. The van der Waals surface area contributed by atoms with Gasteiger partial charge in [0.2, 0.25) is 0 Å². The molecule has 0 aliphatic heterocycles. The number of anilines is 1. The van der Waals surface area contributed by atoms with Gasteiger partial charge < -0.3 is 19.5 Å². The Balaban J connectivity index is 1.94. The molecular weight excluding hydrogens is 358 g/mol. The summed E-state index contributed by atoms with van der Waals surface area (Å²) in [6.45, 7) is 6.32. The van der Waals surface area contributed by atoms with Crippen molar-refractivity contribution in [1.29, 1.82) is 0 Å². The summed E-state index contributed by atoms with van der Waals surface area (Å²) in [6.07, 6.45) is 0.598. The van der Waals surface area contributed by atoms with Crippen molar-refractivity contribution in [3.05, 3.63) is 54.1 Å². The molecule has 2 rings (SSSR count). The van der Waals surface area contributed by atoms with E-state index in [0.717, 1.165) is 5.56 Å². The van der Waals surface area contributed by atoms with Gasteiger partial charge in [-0.1, -0.05) is 37.3 Å². The number of benzene rings is 2. The lowest BCUT2D eigenvalue weighted by atomic mass is 9.97. The van der Waals surface area contributed by atoms with E-state index in [4.69, 9.17) is 14.2 Å². The van der Waals surface area contributed by atoms with Crippen molar-refractivity contribution < 1.29 is 23.8 Å².